The minimum atomic E-state index is -0.665. The van der Waals surface area contributed by atoms with Gasteiger partial charge in [-0.15, -0.1) is 0 Å². The van der Waals surface area contributed by atoms with Crippen molar-refractivity contribution >= 4 is 23.3 Å². The van der Waals surface area contributed by atoms with Gasteiger partial charge in [-0.05, 0) is 51.1 Å². The molecule has 2 aromatic rings. The number of ketones is 1. The van der Waals surface area contributed by atoms with Gasteiger partial charge in [0.25, 0.3) is 5.91 Å². The topological polar surface area (TPSA) is 90.9 Å². The van der Waals surface area contributed by atoms with Crippen molar-refractivity contribution in [1.29, 1.82) is 0 Å². The Bertz CT molecular complexity index is 875. The molecule has 28 heavy (non-hydrogen) atoms. The zero-order valence-electron chi connectivity index (χ0n) is 16.3. The molecule has 0 heterocycles. The summed E-state index contributed by atoms with van der Waals surface area (Å²) in [6, 6.07) is 11.2. The number of benzene rings is 2. The van der Waals surface area contributed by atoms with E-state index in [0.29, 0.717) is 22.7 Å². The van der Waals surface area contributed by atoms with Crippen molar-refractivity contribution < 1.29 is 28.6 Å². The molecule has 148 valence electrons. The third-order valence-corrected chi connectivity index (χ3v) is 3.65. The summed E-state index contributed by atoms with van der Waals surface area (Å²) in [5.74, 6) is -0.380. The molecule has 0 saturated carbocycles. The fourth-order valence-electron chi connectivity index (χ4n) is 2.37. The maximum absolute atomic E-state index is 12.2. The maximum Gasteiger partial charge on any atom is 0.338 e. The summed E-state index contributed by atoms with van der Waals surface area (Å²) in [4.78, 5) is 35.6. The van der Waals surface area contributed by atoms with Crippen LogP contribution in [0.1, 0.15) is 41.5 Å². The number of amides is 1. The molecule has 0 aromatic heterocycles. The molecule has 7 heteroatoms. The second kappa shape index (κ2) is 9.55. The van der Waals surface area contributed by atoms with Crippen molar-refractivity contribution in [3.63, 3.8) is 0 Å². The predicted octanol–water partition coefficient (Wildman–Crippen LogP) is 3.48. The lowest BCUT2D eigenvalue weighted by atomic mass is 10.1. The maximum atomic E-state index is 12.2. The fraction of sp³-hybridized carbons (Fsp3) is 0.286. The highest BCUT2D eigenvalue weighted by molar-refractivity contribution is 5.98. The molecule has 1 amide bonds. The summed E-state index contributed by atoms with van der Waals surface area (Å²) in [6.45, 7) is 4.74. The molecule has 0 radical (unpaired) electrons. The number of ether oxygens (including phenoxy) is 3. The normalized spacial score (nSPS) is 10.3. The average molecular weight is 385 g/mol. The Kier molecular flexibility index (Phi) is 7.14. The molecular weight excluding hydrogens is 362 g/mol. The third-order valence-electron chi connectivity index (χ3n) is 3.65. The van der Waals surface area contributed by atoms with Gasteiger partial charge in [-0.3, -0.25) is 9.59 Å². The first kappa shape index (κ1) is 21.0. The highest BCUT2D eigenvalue weighted by atomic mass is 16.5. The number of carbonyl (C=O) groups is 3. The van der Waals surface area contributed by atoms with Crippen LogP contribution in [-0.2, 0) is 9.53 Å². The lowest BCUT2D eigenvalue weighted by Crippen LogP contribution is -2.21. The van der Waals surface area contributed by atoms with E-state index in [0.717, 1.165) is 0 Å². The number of carbonyl (C=O) groups excluding carboxylic acids is 3. The van der Waals surface area contributed by atoms with E-state index in [1.807, 2.05) is 13.8 Å². The molecule has 2 aromatic carbocycles. The van der Waals surface area contributed by atoms with Crippen LogP contribution < -0.4 is 14.8 Å². The smallest absolute Gasteiger partial charge is 0.338 e. The van der Waals surface area contributed by atoms with Crippen LogP contribution in [0.5, 0.6) is 11.5 Å². The van der Waals surface area contributed by atoms with Crippen molar-refractivity contribution in [2.24, 2.45) is 0 Å². The first-order valence-corrected chi connectivity index (χ1v) is 8.73. The minimum absolute atomic E-state index is 0.0445. The Morgan fingerprint density at radius 1 is 1.00 bits per heavy atom. The largest absolute Gasteiger partial charge is 0.493 e. The van der Waals surface area contributed by atoms with E-state index in [4.69, 9.17) is 14.2 Å². The molecule has 0 atom stereocenters. The summed E-state index contributed by atoms with van der Waals surface area (Å²) in [5, 5.41) is 2.58. The Morgan fingerprint density at radius 2 is 1.75 bits per heavy atom. The number of rotatable bonds is 8. The van der Waals surface area contributed by atoms with Gasteiger partial charge in [-0.1, -0.05) is 12.1 Å². The van der Waals surface area contributed by atoms with Gasteiger partial charge >= 0.3 is 5.97 Å². The molecule has 0 bridgehead atoms. The van der Waals surface area contributed by atoms with Gasteiger partial charge in [-0.2, -0.15) is 0 Å². The van der Waals surface area contributed by atoms with Crippen LogP contribution in [0.4, 0.5) is 5.69 Å². The van der Waals surface area contributed by atoms with E-state index in [-0.39, 0.29) is 17.5 Å². The first-order valence-electron chi connectivity index (χ1n) is 8.73. The number of methoxy groups -OCH3 is 1. The molecule has 0 aliphatic rings. The van der Waals surface area contributed by atoms with Gasteiger partial charge in [0, 0.05) is 11.3 Å². The predicted molar refractivity (Wildman–Crippen MR) is 104 cm³/mol. The molecule has 1 N–H and O–H groups in total. The van der Waals surface area contributed by atoms with Crippen LogP contribution in [0.25, 0.3) is 0 Å². The molecule has 0 unspecified atom stereocenters. The van der Waals surface area contributed by atoms with Crippen molar-refractivity contribution in [3.05, 3.63) is 53.6 Å². The van der Waals surface area contributed by atoms with E-state index >= 15 is 0 Å². The molecule has 2 rings (SSSR count). The van der Waals surface area contributed by atoms with E-state index in [2.05, 4.69) is 5.32 Å². The first-order chi connectivity index (χ1) is 13.3. The SMILES string of the molecule is COc1cc(C(=O)OCC(=O)Nc2cccc(C(C)=O)c2)ccc1OC(C)C. The summed E-state index contributed by atoms with van der Waals surface area (Å²) in [7, 11) is 1.47. The van der Waals surface area contributed by atoms with Crippen LogP contribution in [0.15, 0.2) is 42.5 Å². The Hall–Kier alpha value is -3.35. The number of esters is 1. The van der Waals surface area contributed by atoms with Crippen molar-refractivity contribution in [1.82, 2.24) is 0 Å². The van der Waals surface area contributed by atoms with Crippen molar-refractivity contribution in [3.8, 4) is 11.5 Å². The summed E-state index contributed by atoms with van der Waals surface area (Å²) >= 11 is 0. The van der Waals surface area contributed by atoms with Gasteiger partial charge in [0.05, 0.1) is 18.8 Å². The van der Waals surface area contributed by atoms with E-state index in [1.165, 1.54) is 26.2 Å². The third kappa shape index (κ3) is 5.84. The van der Waals surface area contributed by atoms with Crippen LogP contribution in [0, 0.1) is 0 Å². The van der Waals surface area contributed by atoms with E-state index in [1.54, 1.807) is 30.3 Å². The Balaban J connectivity index is 1.97. The molecule has 0 aliphatic heterocycles. The number of Topliss-reactive ketones (excluding diaryl/α,β-unsaturated/α-hetero) is 1. The number of hydrogen-bond donors (Lipinski definition) is 1. The Morgan fingerprint density at radius 3 is 2.39 bits per heavy atom. The van der Waals surface area contributed by atoms with Crippen LogP contribution >= 0.6 is 0 Å². The number of anilines is 1. The van der Waals surface area contributed by atoms with Crippen LogP contribution in [0.2, 0.25) is 0 Å². The van der Waals surface area contributed by atoms with Gasteiger partial charge in [0.15, 0.2) is 23.9 Å². The average Bonchev–Trinajstić information content (AvgIpc) is 2.66. The van der Waals surface area contributed by atoms with E-state index in [9.17, 15) is 14.4 Å². The second-order valence-corrected chi connectivity index (χ2v) is 6.29. The lowest BCUT2D eigenvalue weighted by molar-refractivity contribution is -0.119. The second-order valence-electron chi connectivity index (χ2n) is 6.29. The lowest BCUT2D eigenvalue weighted by Gasteiger charge is -2.14. The van der Waals surface area contributed by atoms with Gasteiger partial charge < -0.3 is 19.5 Å². The van der Waals surface area contributed by atoms with Gasteiger partial charge in [0.1, 0.15) is 0 Å². The van der Waals surface area contributed by atoms with Crippen molar-refractivity contribution in [2.45, 2.75) is 26.9 Å². The number of hydrogen-bond acceptors (Lipinski definition) is 6. The zero-order valence-corrected chi connectivity index (χ0v) is 16.3. The van der Waals surface area contributed by atoms with Crippen LogP contribution in [0.3, 0.4) is 0 Å². The molecule has 0 saturated heterocycles. The van der Waals surface area contributed by atoms with Crippen molar-refractivity contribution in [2.75, 3.05) is 19.0 Å². The summed E-state index contributed by atoms with van der Waals surface area (Å²) in [5.41, 5.74) is 1.16. The fourth-order valence-corrected chi connectivity index (χ4v) is 2.37. The summed E-state index contributed by atoms with van der Waals surface area (Å²) in [6.07, 6.45) is -0.0445. The van der Waals surface area contributed by atoms with Crippen LogP contribution in [-0.4, -0.2) is 37.5 Å². The van der Waals surface area contributed by atoms with E-state index < -0.39 is 18.5 Å². The van der Waals surface area contributed by atoms with Gasteiger partial charge in [-0.25, -0.2) is 4.79 Å². The highest BCUT2D eigenvalue weighted by Gasteiger charge is 2.15. The molecule has 0 spiro atoms. The molecule has 7 nitrogen and oxygen atoms in total. The standard InChI is InChI=1S/C21H23NO6/c1-13(2)28-18-9-8-16(11-19(18)26-4)21(25)27-12-20(24)22-17-7-5-6-15(10-17)14(3)23/h5-11,13H,12H2,1-4H3,(H,22,24). The number of nitrogens with one attached hydrogen (secondary N) is 1. The molecular formula is C21H23NO6. The quantitative estimate of drug-likeness (QED) is 0.553. The Labute approximate surface area is 163 Å². The minimum Gasteiger partial charge on any atom is -0.493 e. The zero-order chi connectivity index (χ0) is 20.7. The molecule has 0 aliphatic carbocycles. The van der Waals surface area contributed by atoms with Gasteiger partial charge in [0.2, 0.25) is 0 Å². The molecule has 0 fully saturated rings. The summed E-state index contributed by atoms with van der Waals surface area (Å²) < 4.78 is 15.9. The monoisotopic (exact) mass is 385 g/mol. The highest BCUT2D eigenvalue weighted by Crippen LogP contribution is 2.29.